The number of thiophene rings is 1. The number of carbonyl (C=O) groups excluding carboxylic acids is 2. The normalized spacial score (nSPS) is 13.3. The number of nitrogens with one attached hydrogen (secondary N) is 3. The van der Waals surface area contributed by atoms with Gasteiger partial charge in [-0.25, -0.2) is 4.98 Å². The molecule has 1 aliphatic rings. The number of rotatable bonds is 6. The molecule has 1 fully saturated rings. The van der Waals surface area contributed by atoms with E-state index in [1.807, 2.05) is 18.4 Å². The molecule has 9 heteroatoms. The zero-order chi connectivity index (χ0) is 20.5. The topological polar surface area (TPSA) is 105 Å². The van der Waals surface area contributed by atoms with Crippen LogP contribution in [0.25, 0.3) is 10.1 Å². The molecule has 1 aliphatic carbocycles. The highest BCUT2D eigenvalue weighted by atomic mass is 32.1. The molecule has 0 aliphatic heterocycles. The molecule has 3 N–H and O–H groups in total. The Morgan fingerprint density at radius 1 is 1.31 bits per heavy atom. The predicted octanol–water partition coefficient (Wildman–Crippen LogP) is 2.93. The molecule has 8 nitrogen and oxygen atoms in total. The van der Waals surface area contributed by atoms with E-state index in [4.69, 9.17) is 0 Å². The average molecular weight is 411 g/mol. The smallest absolute Gasteiger partial charge is 0.261 e. The number of hydrogen-bond acceptors (Lipinski definition) is 6. The number of amides is 2. The van der Waals surface area contributed by atoms with Crippen molar-refractivity contribution in [3.8, 4) is 0 Å². The van der Waals surface area contributed by atoms with E-state index in [1.165, 1.54) is 24.6 Å². The summed E-state index contributed by atoms with van der Waals surface area (Å²) in [6.45, 7) is 2.48. The molecule has 1 saturated carbocycles. The van der Waals surface area contributed by atoms with Crippen molar-refractivity contribution in [1.82, 2.24) is 14.9 Å². The third-order valence-corrected chi connectivity index (χ3v) is 5.83. The number of aryl methyl sites for hydroxylation is 1. The number of hydrogen-bond donors (Lipinski definition) is 3. The Labute approximate surface area is 171 Å². The van der Waals surface area contributed by atoms with Gasteiger partial charge >= 0.3 is 0 Å². The predicted molar refractivity (Wildman–Crippen MR) is 114 cm³/mol. The quantitative estimate of drug-likeness (QED) is 0.578. The van der Waals surface area contributed by atoms with Gasteiger partial charge < -0.3 is 20.5 Å². The monoisotopic (exact) mass is 411 g/mol. The van der Waals surface area contributed by atoms with Crippen molar-refractivity contribution >= 4 is 50.4 Å². The summed E-state index contributed by atoms with van der Waals surface area (Å²) in [4.78, 5) is 41.4. The van der Waals surface area contributed by atoms with Crippen LogP contribution in [0.15, 0.2) is 34.7 Å². The first-order chi connectivity index (χ1) is 14.0. The van der Waals surface area contributed by atoms with E-state index in [1.54, 1.807) is 16.8 Å². The molecule has 0 unspecified atom stereocenters. The third kappa shape index (κ3) is 3.73. The van der Waals surface area contributed by atoms with E-state index in [-0.39, 0.29) is 23.3 Å². The summed E-state index contributed by atoms with van der Waals surface area (Å²) in [5.74, 6) is 0.0243. The summed E-state index contributed by atoms with van der Waals surface area (Å²) >= 11 is 1.45. The molecule has 0 saturated heterocycles. The molecule has 3 heterocycles. The molecule has 150 valence electrons. The van der Waals surface area contributed by atoms with Crippen LogP contribution < -0.4 is 21.5 Å². The number of anilines is 3. The summed E-state index contributed by atoms with van der Waals surface area (Å²) in [6, 6.07) is 3.53. The fourth-order valence-electron chi connectivity index (χ4n) is 3.09. The van der Waals surface area contributed by atoms with Gasteiger partial charge in [0.15, 0.2) is 0 Å². The van der Waals surface area contributed by atoms with Crippen LogP contribution >= 0.6 is 11.3 Å². The van der Waals surface area contributed by atoms with Gasteiger partial charge in [0.2, 0.25) is 5.91 Å². The van der Waals surface area contributed by atoms with Gasteiger partial charge in [-0.2, -0.15) is 0 Å². The Morgan fingerprint density at radius 2 is 2.10 bits per heavy atom. The average Bonchev–Trinajstić information content (AvgIpc) is 3.50. The van der Waals surface area contributed by atoms with E-state index < -0.39 is 0 Å². The Kier molecular flexibility index (Phi) is 5.06. The molecule has 0 radical (unpaired) electrons. The SMILES string of the molecule is CCn1ccc2scc(Nc3cc(NC(=O)C4CC4)ncc3C(=O)NC)c2c1=O. The first-order valence-electron chi connectivity index (χ1n) is 9.42. The number of carbonyl (C=O) groups is 2. The highest BCUT2D eigenvalue weighted by molar-refractivity contribution is 7.17. The molecule has 2 amide bonds. The Bertz CT molecular complexity index is 1160. The van der Waals surface area contributed by atoms with Gasteiger partial charge in [-0.1, -0.05) is 0 Å². The second kappa shape index (κ2) is 7.67. The van der Waals surface area contributed by atoms with Crippen molar-refractivity contribution in [2.45, 2.75) is 26.3 Å². The molecule has 0 atom stereocenters. The number of nitrogens with zero attached hydrogens (tertiary/aromatic N) is 2. The summed E-state index contributed by atoms with van der Waals surface area (Å²) in [7, 11) is 1.54. The fraction of sp³-hybridized carbons (Fsp3) is 0.300. The lowest BCUT2D eigenvalue weighted by molar-refractivity contribution is -0.117. The Hall–Kier alpha value is -3.20. The summed E-state index contributed by atoms with van der Waals surface area (Å²) in [5.41, 5.74) is 1.32. The van der Waals surface area contributed by atoms with Crippen molar-refractivity contribution in [2.24, 2.45) is 5.92 Å². The van der Waals surface area contributed by atoms with Crippen LogP contribution in [0.2, 0.25) is 0 Å². The van der Waals surface area contributed by atoms with Crippen LogP contribution in [0.3, 0.4) is 0 Å². The van der Waals surface area contributed by atoms with Gasteiger partial charge in [-0.05, 0) is 25.8 Å². The zero-order valence-corrected chi connectivity index (χ0v) is 16.9. The van der Waals surface area contributed by atoms with Gasteiger partial charge in [0.25, 0.3) is 11.5 Å². The maximum Gasteiger partial charge on any atom is 0.261 e. The molecule has 3 aromatic heterocycles. The fourth-order valence-corrected chi connectivity index (χ4v) is 3.96. The second-order valence-electron chi connectivity index (χ2n) is 6.88. The second-order valence-corrected chi connectivity index (χ2v) is 7.79. The number of aromatic nitrogens is 2. The lowest BCUT2D eigenvalue weighted by atomic mass is 10.2. The first kappa shape index (κ1) is 19.1. The molecule has 0 spiro atoms. The zero-order valence-electron chi connectivity index (χ0n) is 16.1. The number of fused-ring (bicyclic) bond motifs is 1. The van der Waals surface area contributed by atoms with E-state index in [0.29, 0.717) is 34.7 Å². The van der Waals surface area contributed by atoms with E-state index >= 15 is 0 Å². The van der Waals surface area contributed by atoms with E-state index in [2.05, 4.69) is 20.9 Å². The van der Waals surface area contributed by atoms with Crippen LogP contribution in [0, 0.1) is 5.92 Å². The third-order valence-electron chi connectivity index (χ3n) is 4.89. The highest BCUT2D eigenvalue weighted by Gasteiger charge is 2.30. The summed E-state index contributed by atoms with van der Waals surface area (Å²) < 4.78 is 2.49. The van der Waals surface area contributed by atoms with Crippen LogP contribution in [0.5, 0.6) is 0 Å². The van der Waals surface area contributed by atoms with Gasteiger partial charge in [0.05, 0.1) is 22.3 Å². The largest absolute Gasteiger partial charge is 0.355 e. The molecular formula is C20H21N5O3S. The van der Waals surface area contributed by atoms with Gasteiger partial charge in [-0.15, -0.1) is 11.3 Å². The molecule has 29 heavy (non-hydrogen) atoms. The number of pyridine rings is 2. The minimum absolute atomic E-state index is 0.0418. The van der Waals surface area contributed by atoms with Gasteiger partial charge in [0.1, 0.15) is 5.82 Å². The van der Waals surface area contributed by atoms with Crippen LogP contribution in [0.4, 0.5) is 17.2 Å². The minimum atomic E-state index is -0.314. The van der Waals surface area contributed by atoms with E-state index in [9.17, 15) is 14.4 Å². The van der Waals surface area contributed by atoms with Crippen LogP contribution in [-0.2, 0) is 11.3 Å². The Morgan fingerprint density at radius 3 is 2.79 bits per heavy atom. The van der Waals surface area contributed by atoms with Crippen molar-refractivity contribution in [3.63, 3.8) is 0 Å². The molecule has 0 aromatic carbocycles. The molecule has 3 aromatic rings. The highest BCUT2D eigenvalue weighted by Crippen LogP contribution is 2.33. The van der Waals surface area contributed by atoms with Crippen molar-refractivity contribution in [3.05, 3.63) is 45.8 Å². The maximum absolute atomic E-state index is 12.8. The lowest BCUT2D eigenvalue weighted by Crippen LogP contribution is -2.21. The minimum Gasteiger partial charge on any atom is -0.355 e. The van der Waals surface area contributed by atoms with Gasteiger partial charge in [-0.3, -0.25) is 14.4 Å². The van der Waals surface area contributed by atoms with Crippen LogP contribution in [-0.4, -0.2) is 28.4 Å². The molecule has 4 rings (SSSR count). The van der Waals surface area contributed by atoms with Crippen molar-refractivity contribution in [1.29, 1.82) is 0 Å². The standard InChI is InChI=1S/C20H21N5O3S/c1-3-25-7-6-15-17(20(25)28)14(10-29-15)23-13-8-16(24-18(26)11-4-5-11)22-9-12(13)19(27)21-2/h6-11H,3-5H2,1-2H3,(H,21,27)(H2,22,23,24,26). The lowest BCUT2D eigenvalue weighted by Gasteiger charge is -2.13. The van der Waals surface area contributed by atoms with Crippen LogP contribution in [0.1, 0.15) is 30.1 Å². The van der Waals surface area contributed by atoms with Crippen molar-refractivity contribution < 1.29 is 9.59 Å². The molecule has 0 bridgehead atoms. The summed E-state index contributed by atoms with van der Waals surface area (Å²) in [6.07, 6.45) is 4.97. The molecular weight excluding hydrogens is 390 g/mol. The first-order valence-corrected chi connectivity index (χ1v) is 10.3. The van der Waals surface area contributed by atoms with Gasteiger partial charge in [0, 0.05) is 48.1 Å². The van der Waals surface area contributed by atoms with E-state index in [0.717, 1.165) is 17.5 Å². The summed E-state index contributed by atoms with van der Waals surface area (Å²) in [5, 5.41) is 11.0. The maximum atomic E-state index is 12.8. The van der Waals surface area contributed by atoms with Crippen molar-refractivity contribution in [2.75, 3.05) is 17.7 Å². The Balaban J connectivity index is 1.74.